The van der Waals surface area contributed by atoms with Crippen molar-refractivity contribution in [1.82, 2.24) is 4.90 Å². The molecule has 5 aliphatic rings. The van der Waals surface area contributed by atoms with Crippen LogP contribution < -0.4 is 9.64 Å². The second-order valence-corrected chi connectivity index (χ2v) is 11.6. The van der Waals surface area contributed by atoms with Gasteiger partial charge in [0, 0.05) is 55.3 Å². The lowest BCUT2D eigenvalue weighted by Crippen LogP contribution is -2.56. The summed E-state index contributed by atoms with van der Waals surface area (Å²) in [6.07, 6.45) is 4.91. The van der Waals surface area contributed by atoms with Crippen LogP contribution in [0, 0.1) is 23.2 Å². The van der Waals surface area contributed by atoms with Crippen molar-refractivity contribution in [3.63, 3.8) is 0 Å². The maximum absolute atomic E-state index is 13.1. The molecule has 6 rings (SSSR count). The van der Waals surface area contributed by atoms with Gasteiger partial charge >= 0.3 is 5.97 Å². The predicted molar refractivity (Wildman–Crippen MR) is 126 cm³/mol. The number of benzene rings is 1. The number of hydrogen-bond donors (Lipinski definition) is 0. The number of nitrogens with zero attached hydrogens (tertiary/aromatic N) is 2. The number of carbonyl (C=O) groups is 1. The van der Waals surface area contributed by atoms with Crippen LogP contribution in [0.25, 0.3) is 0 Å². The summed E-state index contributed by atoms with van der Waals surface area (Å²) >= 11 is 0. The SMILES string of the molecule is COc1cccc(N2CCN(C[C@H]3C(=O)O[C@@H]4C[C@@]5(C)CCC[C@H](C)[C@]56O[C@@H]6[C@@H]43)C[C@H]2C)c1. The molecule has 1 spiro atoms. The Morgan fingerprint density at radius 2 is 2.09 bits per heavy atom. The molecule has 2 aliphatic carbocycles. The van der Waals surface area contributed by atoms with Gasteiger partial charge in [0.25, 0.3) is 0 Å². The molecule has 0 aromatic heterocycles. The smallest absolute Gasteiger partial charge is 0.311 e. The van der Waals surface area contributed by atoms with Gasteiger partial charge in [0.15, 0.2) is 0 Å². The third-order valence-corrected chi connectivity index (χ3v) is 9.75. The van der Waals surface area contributed by atoms with Crippen molar-refractivity contribution in [1.29, 1.82) is 0 Å². The second-order valence-electron chi connectivity index (χ2n) is 11.6. The van der Waals surface area contributed by atoms with Gasteiger partial charge in [0.05, 0.1) is 19.1 Å². The lowest BCUT2D eigenvalue weighted by atomic mass is 9.53. The molecule has 0 N–H and O–H groups in total. The van der Waals surface area contributed by atoms with Gasteiger partial charge in [-0.25, -0.2) is 0 Å². The minimum atomic E-state index is -0.0615. The summed E-state index contributed by atoms with van der Waals surface area (Å²) in [6, 6.07) is 8.68. The number of hydrogen-bond acceptors (Lipinski definition) is 6. The number of ether oxygens (including phenoxy) is 3. The minimum Gasteiger partial charge on any atom is -0.497 e. The Morgan fingerprint density at radius 3 is 2.88 bits per heavy atom. The van der Waals surface area contributed by atoms with Gasteiger partial charge in [0.1, 0.15) is 17.5 Å². The van der Waals surface area contributed by atoms with Gasteiger partial charge in [-0.15, -0.1) is 0 Å². The molecule has 3 saturated heterocycles. The number of rotatable bonds is 4. The fourth-order valence-electron chi connectivity index (χ4n) is 8.09. The van der Waals surface area contributed by atoms with Crippen LogP contribution in [0.5, 0.6) is 5.75 Å². The predicted octanol–water partition coefficient (Wildman–Crippen LogP) is 3.73. The van der Waals surface area contributed by atoms with E-state index in [0.29, 0.717) is 12.0 Å². The van der Waals surface area contributed by atoms with Crippen LogP contribution in [0.3, 0.4) is 0 Å². The van der Waals surface area contributed by atoms with Crippen molar-refractivity contribution < 1.29 is 19.0 Å². The summed E-state index contributed by atoms with van der Waals surface area (Å²) in [4.78, 5) is 18.0. The molecular formula is C27H38N2O4. The van der Waals surface area contributed by atoms with Crippen molar-refractivity contribution in [3.8, 4) is 5.75 Å². The molecule has 2 saturated carbocycles. The average molecular weight is 455 g/mol. The number of carbonyl (C=O) groups excluding carboxylic acids is 1. The van der Waals surface area contributed by atoms with Gasteiger partial charge in [-0.1, -0.05) is 26.3 Å². The summed E-state index contributed by atoms with van der Waals surface area (Å²) in [5.41, 5.74) is 1.34. The quantitative estimate of drug-likeness (QED) is 0.510. The van der Waals surface area contributed by atoms with E-state index in [-0.39, 0.29) is 41.0 Å². The number of epoxide rings is 1. The van der Waals surface area contributed by atoms with E-state index >= 15 is 0 Å². The Kier molecular flexibility index (Phi) is 5.01. The summed E-state index contributed by atoms with van der Waals surface area (Å²) < 4.78 is 18.1. The van der Waals surface area contributed by atoms with E-state index in [4.69, 9.17) is 14.2 Å². The van der Waals surface area contributed by atoms with Crippen molar-refractivity contribution in [2.24, 2.45) is 23.2 Å². The van der Waals surface area contributed by atoms with E-state index in [1.807, 2.05) is 6.07 Å². The highest BCUT2D eigenvalue weighted by atomic mass is 16.6. The van der Waals surface area contributed by atoms with Gasteiger partial charge in [0.2, 0.25) is 0 Å². The van der Waals surface area contributed by atoms with E-state index in [2.05, 4.69) is 48.8 Å². The fourth-order valence-corrected chi connectivity index (χ4v) is 8.09. The zero-order valence-corrected chi connectivity index (χ0v) is 20.5. The van der Waals surface area contributed by atoms with Crippen LogP contribution >= 0.6 is 0 Å². The lowest BCUT2D eigenvalue weighted by Gasteiger charge is -2.49. The maximum atomic E-state index is 13.1. The zero-order chi connectivity index (χ0) is 23.0. The topological polar surface area (TPSA) is 54.5 Å². The number of piperazine rings is 1. The van der Waals surface area contributed by atoms with Crippen LogP contribution in [-0.2, 0) is 14.3 Å². The third-order valence-electron chi connectivity index (χ3n) is 9.75. The molecule has 5 fully saturated rings. The van der Waals surface area contributed by atoms with Crippen LogP contribution in [0.2, 0.25) is 0 Å². The minimum absolute atomic E-state index is 0.00780. The summed E-state index contributed by atoms with van der Waals surface area (Å²) in [5, 5.41) is 0. The molecule has 3 heterocycles. The Balaban J connectivity index is 1.15. The summed E-state index contributed by atoms with van der Waals surface area (Å²) in [7, 11) is 1.71. The first-order valence-electron chi connectivity index (χ1n) is 12.9. The van der Waals surface area contributed by atoms with E-state index < -0.39 is 0 Å². The third kappa shape index (κ3) is 3.16. The molecule has 33 heavy (non-hydrogen) atoms. The first kappa shape index (κ1) is 21.7. The zero-order valence-electron chi connectivity index (χ0n) is 20.5. The lowest BCUT2D eigenvalue weighted by molar-refractivity contribution is -0.146. The first-order valence-corrected chi connectivity index (χ1v) is 12.9. The molecule has 3 aliphatic heterocycles. The highest BCUT2D eigenvalue weighted by molar-refractivity contribution is 5.76. The second kappa shape index (κ2) is 7.61. The monoisotopic (exact) mass is 454 g/mol. The molecule has 1 aromatic carbocycles. The normalized spacial score (nSPS) is 44.5. The molecule has 0 amide bonds. The molecule has 180 valence electrons. The van der Waals surface area contributed by atoms with E-state index in [0.717, 1.165) is 38.3 Å². The van der Waals surface area contributed by atoms with Crippen molar-refractivity contribution >= 4 is 11.7 Å². The number of fused-ring (bicyclic) bond motifs is 2. The molecule has 8 atom stereocenters. The molecule has 1 aromatic rings. The molecule has 0 bridgehead atoms. The molecule has 6 heteroatoms. The number of methoxy groups -OCH3 is 1. The van der Waals surface area contributed by atoms with Crippen LogP contribution in [0.1, 0.15) is 46.5 Å². The van der Waals surface area contributed by atoms with Crippen LogP contribution in [-0.4, -0.2) is 68.0 Å². The Morgan fingerprint density at radius 1 is 1.24 bits per heavy atom. The van der Waals surface area contributed by atoms with E-state index in [1.165, 1.54) is 24.9 Å². The van der Waals surface area contributed by atoms with Gasteiger partial charge in [-0.3, -0.25) is 9.69 Å². The van der Waals surface area contributed by atoms with E-state index in [9.17, 15) is 4.79 Å². The Labute approximate surface area is 197 Å². The first-order chi connectivity index (χ1) is 15.9. The van der Waals surface area contributed by atoms with Crippen LogP contribution in [0.4, 0.5) is 5.69 Å². The number of anilines is 1. The van der Waals surface area contributed by atoms with Gasteiger partial charge in [-0.05, 0) is 44.2 Å². The van der Waals surface area contributed by atoms with Gasteiger partial charge in [-0.2, -0.15) is 0 Å². The van der Waals surface area contributed by atoms with Crippen molar-refractivity contribution in [2.75, 3.05) is 38.2 Å². The molecular weight excluding hydrogens is 416 g/mol. The highest BCUT2D eigenvalue weighted by Gasteiger charge is 2.78. The summed E-state index contributed by atoms with van der Waals surface area (Å²) in [5.74, 6) is 1.63. The fraction of sp³-hybridized carbons (Fsp3) is 0.741. The maximum Gasteiger partial charge on any atom is 0.311 e. The number of esters is 1. The average Bonchev–Trinajstić information content (AvgIpc) is 3.48. The Hall–Kier alpha value is -1.79. The Bertz CT molecular complexity index is 938. The molecule has 6 nitrogen and oxygen atoms in total. The molecule has 0 unspecified atom stereocenters. The molecule has 0 radical (unpaired) electrons. The van der Waals surface area contributed by atoms with E-state index in [1.54, 1.807) is 7.11 Å². The summed E-state index contributed by atoms with van der Waals surface area (Å²) in [6.45, 7) is 10.7. The van der Waals surface area contributed by atoms with Crippen molar-refractivity contribution in [3.05, 3.63) is 24.3 Å². The van der Waals surface area contributed by atoms with Gasteiger partial charge < -0.3 is 19.1 Å². The largest absolute Gasteiger partial charge is 0.497 e. The highest BCUT2D eigenvalue weighted by Crippen LogP contribution is 2.70. The standard InChI is InChI=1S/C27H38N2O4/c1-17-7-6-10-26(3)14-22-23(24-27(17,26)33-24)21(25(30)32-22)16-28-11-12-29(18(2)15-28)19-8-5-9-20(13-19)31-4/h5,8-9,13,17-18,21-24H,6-7,10-12,14-16H2,1-4H3/t17-,18+,21+,22+,23+,24+,26+,27+/m0/s1. The van der Waals surface area contributed by atoms with Crippen molar-refractivity contribution in [2.45, 2.75) is 70.3 Å². The van der Waals surface area contributed by atoms with Crippen LogP contribution in [0.15, 0.2) is 24.3 Å².